The Labute approximate surface area is 59.1 Å². The first-order chi connectivity index (χ1) is 4.77. The number of nitrogen functional groups attached to an aromatic ring is 2. The lowest BCUT2D eigenvalue weighted by Gasteiger charge is -2.11. The Hall–Kier alpha value is -1.44. The summed E-state index contributed by atoms with van der Waals surface area (Å²) in [6.45, 7) is 0. The van der Waals surface area contributed by atoms with Crippen LogP contribution in [0.2, 0.25) is 0 Å². The molecule has 0 bridgehead atoms. The van der Waals surface area contributed by atoms with Crippen molar-refractivity contribution in [2.75, 3.05) is 11.5 Å². The second-order valence-electron chi connectivity index (χ2n) is 2.44. The monoisotopic (exact) mass is 132 g/mol. The molecule has 0 fully saturated rings. The number of nitrogens with two attached hydrogens (primary N) is 2. The zero-order valence-corrected chi connectivity index (χ0v) is 5.46. The van der Waals surface area contributed by atoms with E-state index in [0.29, 0.717) is 11.4 Å². The van der Waals surface area contributed by atoms with Crippen LogP contribution >= 0.6 is 0 Å². The average Bonchev–Trinajstić information content (AvgIpc) is 1.89. The van der Waals surface area contributed by atoms with Gasteiger partial charge in [0.15, 0.2) is 0 Å². The Morgan fingerprint density at radius 2 is 1.20 bits per heavy atom. The van der Waals surface area contributed by atoms with Crippen molar-refractivity contribution in [3.05, 3.63) is 23.3 Å². The highest BCUT2D eigenvalue weighted by molar-refractivity contribution is 5.90. The molecule has 0 radical (unpaired) electrons. The molecule has 0 unspecified atom stereocenters. The van der Waals surface area contributed by atoms with Crippen molar-refractivity contribution in [1.82, 2.24) is 0 Å². The fourth-order valence-electron chi connectivity index (χ4n) is 1.04. The molecule has 0 saturated carbocycles. The van der Waals surface area contributed by atoms with Gasteiger partial charge in [-0.15, -0.1) is 0 Å². The molecule has 2 heteroatoms. The molecule has 10 heavy (non-hydrogen) atoms. The van der Waals surface area contributed by atoms with E-state index in [0.717, 1.165) is 0 Å². The van der Waals surface area contributed by atoms with Gasteiger partial charge < -0.3 is 11.5 Å². The van der Waals surface area contributed by atoms with Gasteiger partial charge in [-0.05, 0) is 23.3 Å². The van der Waals surface area contributed by atoms with E-state index < -0.39 is 0 Å². The minimum Gasteiger partial charge on any atom is -0.397 e. The first kappa shape index (κ1) is 5.35. The van der Waals surface area contributed by atoms with Gasteiger partial charge in [-0.2, -0.15) is 0 Å². The molecule has 1 aliphatic carbocycles. The van der Waals surface area contributed by atoms with Crippen LogP contribution < -0.4 is 11.5 Å². The molecule has 50 valence electrons. The summed E-state index contributed by atoms with van der Waals surface area (Å²) < 4.78 is 0. The molecule has 2 nitrogen and oxygen atoms in total. The van der Waals surface area contributed by atoms with Crippen molar-refractivity contribution in [2.45, 2.75) is 0 Å². The van der Waals surface area contributed by atoms with Crippen LogP contribution in [0.3, 0.4) is 0 Å². The van der Waals surface area contributed by atoms with E-state index in [2.05, 4.69) is 0 Å². The maximum Gasteiger partial charge on any atom is 0.0554 e. The molecular weight excluding hydrogens is 124 g/mol. The highest BCUT2D eigenvalue weighted by Crippen LogP contribution is 2.29. The zero-order chi connectivity index (χ0) is 7.14. The molecule has 1 aromatic carbocycles. The van der Waals surface area contributed by atoms with Crippen LogP contribution in [0.25, 0.3) is 12.2 Å². The minimum atomic E-state index is 0.670. The van der Waals surface area contributed by atoms with E-state index in [1.807, 2.05) is 24.3 Å². The molecule has 0 aliphatic heterocycles. The number of anilines is 2. The Kier molecular flexibility index (Phi) is 0.822. The molecule has 0 heterocycles. The minimum absolute atomic E-state index is 0.670. The predicted molar refractivity (Wildman–Crippen MR) is 44.2 cm³/mol. The van der Waals surface area contributed by atoms with E-state index >= 15 is 0 Å². The Bertz CT molecular complexity index is 282. The second kappa shape index (κ2) is 1.53. The topological polar surface area (TPSA) is 52.0 Å². The van der Waals surface area contributed by atoms with Gasteiger partial charge in [-0.25, -0.2) is 0 Å². The Balaban J connectivity index is 2.65. The summed E-state index contributed by atoms with van der Waals surface area (Å²) in [6, 6.07) is 3.79. The summed E-state index contributed by atoms with van der Waals surface area (Å²) in [6.07, 6.45) is 4.04. The van der Waals surface area contributed by atoms with Crippen LogP contribution in [0, 0.1) is 0 Å². The summed E-state index contributed by atoms with van der Waals surface area (Å²) in [5, 5.41) is 0. The predicted octanol–water partition coefficient (Wildman–Crippen LogP) is 1.33. The van der Waals surface area contributed by atoms with E-state index in [4.69, 9.17) is 11.5 Å². The number of rotatable bonds is 0. The number of benzene rings is 1. The molecule has 2 rings (SSSR count). The highest BCUT2D eigenvalue weighted by atomic mass is 14.7. The van der Waals surface area contributed by atoms with E-state index in [1.165, 1.54) is 11.1 Å². The molecule has 4 N–H and O–H groups in total. The van der Waals surface area contributed by atoms with Gasteiger partial charge in [0, 0.05) is 0 Å². The van der Waals surface area contributed by atoms with Crippen LogP contribution in [-0.4, -0.2) is 0 Å². The maximum atomic E-state index is 5.56. The lowest BCUT2D eigenvalue weighted by atomic mass is 9.96. The van der Waals surface area contributed by atoms with Crippen LogP contribution in [0.4, 0.5) is 11.4 Å². The van der Waals surface area contributed by atoms with Gasteiger partial charge in [0.2, 0.25) is 0 Å². The van der Waals surface area contributed by atoms with Crippen LogP contribution in [0.5, 0.6) is 0 Å². The van der Waals surface area contributed by atoms with Gasteiger partial charge in [0.25, 0.3) is 0 Å². The molecule has 1 aliphatic rings. The third kappa shape index (κ3) is 0.530. The highest BCUT2D eigenvalue weighted by Gasteiger charge is 2.06. The maximum absolute atomic E-state index is 5.56. The van der Waals surface area contributed by atoms with E-state index in [-0.39, 0.29) is 0 Å². The molecule has 0 saturated heterocycles. The molecular formula is C8H8N2. The lowest BCUT2D eigenvalue weighted by molar-refractivity contribution is 1.56. The summed E-state index contributed by atoms with van der Waals surface area (Å²) in [7, 11) is 0. The second-order valence-corrected chi connectivity index (χ2v) is 2.44. The van der Waals surface area contributed by atoms with Gasteiger partial charge >= 0.3 is 0 Å². The quantitative estimate of drug-likeness (QED) is 0.531. The number of hydrogen-bond acceptors (Lipinski definition) is 2. The number of hydrogen-bond donors (Lipinski definition) is 2. The SMILES string of the molecule is Nc1cc2c(cc1N)C=C2. The summed E-state index contributed by atoms with van der Waals surface area (Å²) in [4.78, 5) is 0. The Morgan fingerprint density at radius 1 is 0.800 bits per heavy atom. The van der Waals surface area contributed by atoms with E-state index in [9.17, 15) is 0 Å². The summed E-state index contributed by atoms with van der Waals surface area (Å²) in [5.41, 5.74) is 14.8. The average molecular weight is 132 g/mol. The zero-order valence-electron chi connectivity index (χ0n) is 5.46. The fraction of sp³-hybridized carbons (Fsp3) is 0. The first-order valence-electron chi connectivity index (χ1n) is 3.14. The number of fused-ring (bicyclic) bond motifs is 1. The van der Waals surface area contributed by atoms with E-state index in [1.54, 1.807) is 0 Å². The van der Waals surface area contributed by atoms with Crippen LogP contribution in [0.15, 0.2) is 12.1 Å². The molecule has 0 amide bonds. The summed E-state index contributed by atoms with van der Waals surface area (Å²) in [5.74, 6) is 0. The largest absolute Gasteiger partial charge is 0.397 e. The standard InChI is InChI=1S/C8H8N2/c9-7-3-5-1-2-6(5)4-8(7)10/h1-4H,9-10H2. The molecule has 0 aromatic heterocycles. The van der Waals surface area contributed by atoms with Gasteiger partial charge in [0.05, 0.1) is 11.4 Å². The van der Waals surface area contributed by atoms with Gasteiger partial charge in [-0.3, -0.25) is 0 Å². The molecule has 1 aromatic rings. The smallest absolute Gasteiger partial charge is 0.0554 e. The lowest BCUT2D eigenvalue weighted by Crippen LogP contribution is -1.99. The van der Waals surface area contributed by atoms with Crippen molar-refractivity contribution in [1.29, 1.82) is 0 Å². The first-order valence-corrected chi connectivity index (χ1v) is 3.14. The van der Waals surface area contributed by atoms with Crippen molar-refractivity contribution < 1.29 is 0 Å². The van der Waals surface area contributed by atoms with Gasteiger partial charge in [0.1, 0.15) is 0 Å². The van der Waals surface area contributed by atoms with Crippen LogP contribution in [0.1, 0.15) is 11.1 Å². The van der Waals surface area contributed by atoms with Crippen molar-refractivity contribution in [3.8, 4) is 0 Å². The van der Waals surface area contributed by atoms with Crippen molar-refractivity contribution in [3.63, 3.8) is 0 Å². The van der Waals surface area contributed by atoms with Crippen LogP contribution in [-0.2, 0) is 0 Å². The van der Waals surface area contributed by atoms with Crippen molar-refractivity contribution in [2.24, 2.45) is 0 Å². The van der Waals surface area contributed by atoms with Crippen molar-refractivity contribution >= 4 is 23.5 Å². The molecule has 0 atom stereocenters. The Morgan fingerprint density at radius 3 is 1.50 bits per heavy atom. The van der Waals surface area contributed by atoms with Gasteiger partial charge in [-0.1, -0.05) is 12.2 Å². The third-order valence-electron chi connectivity index (χ3n) is 1.73. The summed E-state index contributed by atoms with van der Waals surface area (Å²) >= 11 is 0. The fourth-order valence-corrected chi connectivity index (χ4v) is 1.04. The molecule has 0 spiro atoms. The third-order valence-corrected chi connectivity index (χ3v) is 1.73. The normalized spacial score (nSPS) is 12.4.